The van der Waals surface area contributed by atoms with E-state index in [2.05, 4.69) is 57.1 Å². The topological polar surface area (TPSA) is 69.1 Å². The van der Waals surface area contributed by atoms with Crippen LogP contribution in [0.1, 0.15) is 33.5 Å². The maximum Gasteiger partial charge on any atom is 0.205 e. The third kappa shape index (κ3) is 7.45. The van der Waals surface area contributed by atoms with E-state index in [1.165, 1.54) is 11.5 Å². The molecule has 1 aromatic rings. The van der Waals surface area contributed by atoms with Crippen LogP contribution in [0, 0.1) is 5.92 Å². The molecule has 0 saturated carbocycles. The van der Waals surface area contributed by atoms with E-state index in [9.17, 15) is 0 Å². The van der Waals surface area contributed by atoms with E-state index in [0.717, 1.165) is 82.3 Å². The first kappa shape index (κ1) is 25.5. The summed E-state index contributed by atoms with van der Waals surface area (Å²) in [5.74, 6) is 2.64. The van der Waals surface area contributed by atoms with Crippen LogP contribution in [0.2, 0.25) is 0 Å². The van der Waals surface area contributed by atoms with Gasteiger partial charge in [-0.05, 0) is 12.8 Å². The van der Waals surface area contributed by atoms with Crippen molar-refractivity contribution in [3.05, 3.63) is 5.82 Å². The van der Waals surface area contributed by atoms with Crippen molar-refractivity contribution in [2.45, 2.75) is 40.2 Å². The van der Waals surface area contributed by atoms with Gasteiger partial charge >= 0.3 is 0 Å². The molecule has 1 N–H and O–H groups in total. The molecule has 2 aliphatic heterocycles. The minimum atomic E-state index is 0. The average Bonchev–Trinajstić information content (AvgIpc) is 3.20. The summed E-state index contributed by atoms with van der Waals surface area (Å²) in [6.07, 6.45) is 1.08. The van der Waals surface area contributed by atoms with Gasteiger partial charge in [0.15, 0.2) is 5.96 Å². The highest BCUT2D eigenvalue weighted by atomic mass is 127. The second-order valence-electron chi connectivity index (χ2n) is 8.16. The van der Waals surface area contributed by atoms with Crippen molar-refractivity contribution in [3.8, 4) is 0 Å². The summed E-state index contributed by atoms with van der Waals surface area (Å²) >= 11 is 1.51. The first-order chi connectivity index (χ1) is 14.1. The number of nitrogens with zero attached hydrogens (tertiary/aromatic N) is 6. The van der Waals surface area contributed by atoms with E-state index >= 15 is 0 Å². The number of piperazine rings is 1. The van der Waals surface area contributed by atoms with Gasteiger partial charge in [-0.1, -0.05) is 20.8 Å². The predicted molar refractivity (Wildman–Crippen MR) is 135 cm³/mol. The van der Waals surface area contributed by atoms with Gasteiger partial charge in [0, 0.05) is 70.3 Å². The van der Waals surface area contributed by atoms with Crippen molar-refractivity contribution >= 4 is 46.6 Å². The molecule has 2 saturated heterocycles. The highest BCUT2D eigenvalue weighted by Crippen LogP contribution is 2.19. The largest absolute Gasteiger partial charge is 0.374 e. The van der Waals surface area contributed by atoms with Crippen molar-refractivity contribution in [3.63, 3.8) is 0 Å². The van der Waals surface area contributed by atoms with Gasteiger partial charge in [0.25, 0.3) is 0 Å². The first-order valence-corrected chi connectivity index (χ1v) is 11.8. The Morgan fingerprint density at radius 3 is 2.63 bits per heavy atom. The summed E-state index contributed by atoms with van der Waals surface area (Å²) in [5.41, 5.74) is 0. The summed E-state index contributed by atoms with van der Waals surface area (Å²) in [6, 6.07) is 0. The third-order valence-electron chi connectivity index (χ3n) is 5.25. The number of rotatable bonds is 7. The number of guanidine groups is 1. The van der Waals surface area contributed by atoms with Crippen molar-refractivity contribution in [1.82, 2.24) is 24.5 Å². The van der Waals surface area contributed by atoms with Gasteiger partial charge in [0.1, 0.15) is 5.82 Å². The van der Waals surface area contributed by atoms with Crippen LogP contribution in [-0.2, 0) is 11.2 Å². The molecular weight excluding hydrogens is 513 g/mol. The Kier molecular flexibility index (Phi) is 11.0. The van der Waals surface area contributed by atoms with Gasteiger partial charge in [-0.25, -0.2) is 4.98 Å². The highest BCUT2D eigenvalue weighted by molar-refractivity contribution is 14.0. The van der Waals surface area contributed by atoms with E-state index in [1.54, 1.807) is 0 Å². The lowest BCUT2D eigenvalue weighted by atomic mass is 10.2. The molecule has 0 aliphatic carbocycles. The number of morpholine rings is 1. The predicted octanol–water partition coefficient (Wildman–Crippen LogP) is 2.16. The van der Waals surface area contributed by atoms with E-state index in [-0.39, 0.29) is 30.1 Å². The highest BCUT2D eigenvalue weighted by Gasteiger charge is 2.24. The van der Waals surface area contributed by atoms with E-state index in [4.69, 9.17) is 9.73 Å². The normalized spacial score (nSPS) is 21.1. The average molecular weight is 552 g/mol. The van der Waals surface area contributed by atoms with Crippen molar-refractivity contribution in [2.24, 2.45) is 10.9 Å². The van der Waals surface area contributed by atoms with Crippen molar-refractivity contribution < 1.29 is 4.74 Å². The SMILES string of the molecule is CCNC(=NCC1CN(CC(C)C)CCO1)N1CCN(c2nc(CC)ns2)CC1.I. The lowest BCUT2D eigenvalue weighted by molar-refractivity contribution is -0.0262. The van der Waals surface area contributed by atoms with Crippen LogP contribution in [0.4, 0.5) is 5.13 Å². The summed E-state index contributed by atoms with van der Waals surface area (Å²) < 4.78 is 10.4. The van der Waals surface area contributed by atoms with E-state index < -0.39 is 0 Å². The van der Waals surface area contributed by atoms with Crippen LogP contribution in [0.5, 0.6) is 0 Å². The molecule has 8 nitrogen and oxygen atoms in total. The fourth-order valence-corrected chi connectivity index (χ4v) is 4.61. The summed E-state index contributed by atoms with van der Waals surface area (Å²) in [5, 5.41) is 4.51. The molecule has 1 atom stereocenters. The summed E-state index contributed by atoms with van der Waals surface area (Å²) in [7, 11) is 0. The van der Waals surface area contributed by atoms with Crippen LogP contribution in [0.15, 0.2) is 4.99 Å². The van der Waals surface area contributed by atoms with Gasteiger partial charge in [0.2, 0.25) is 5.13 Å². The van der Waals surface area contributed by atoms with Crippen LogP contribution in [-0.4, -0.2) is 96.7 Å². The number of anilines is 1. The van der Waals surface area contributed by atoms with E-state index in [0.29, 0.717) is 12.5 Å². The fraction of sp³-hybridized carbons (Fsp3) is 0.850. The molecule has 3 heterocycles. The maximum atomic E-state index is 5.98. The van der Waals surface area contributed by atoms with E-state index in [1.807, 2.05) is 0 Å². The zero-order chi connectivity index (χ0) is 20.6. The zero-order valence-corrected chi connectivity index (χ0v) is 22.0. The molecule has 10 heteroatoms. The molecule has 2 fully saturated rings. The Labute approximate surface area is 202 Å². The minimum absolute atomic E-state index is 0. The molecule has 2 aliphatic rings. The number of aryl methyl sites for hydroxylation is 1. The Morgan fingerprint density at radius 1 is 1.23 bits per heavy atom. The lowest BCUT2D eigenvalue weighted by Gasteiger charge is -2.37. The zero-order valence-electron chi connectivity index (χ0n) is 18.8. The Morgan fingerprint density at radius 2 is 2.00 bits per heavy atom. The Balaban J connectivity index is 0.00000320. The van der Waals surface area contributed by atoms with Crippen molar-refractivity contribution in [1.29, 1.82) is 0 Å². The van der Waals surface area contributed by atoms with Gasteiger partial charge in [0.05, 0.1) is 19.3 Å². The van der Waals surface area contributed by atoms with Gasteiger partial charge < -0.3 is 19.9 Å². The fourth-order valence-electron chi connectivity index (χ4n) is 3.81. The van der Waals surface area contributed by atoms with Crippen LogP contribution < -0.4 is 10.2 Å². The molecule has 0 amide bonds. The van der Waals surface area contributed by atoms with Crippen molar-refractivity contribution in [2.75, 3.05) is 70.4 Å². The standard InChI is InChI=1S/C20H37N7OS.HI/c1-5-18-23-20(29-24-18)27-9-7-26(8-10-27)19(21-6-2)22-13-17-15-25(11-12-28-17)14-16(3)4;/h16-17H,5-15H2,1-4H3,(H,21,22);1H. The van der Waals surface area contributed by atoms with Gasteiger partial charge in [-0.3, -0.25) is 9.89 Å². The third-order valence-corrected chi connectivity index (χ3v) is 6.06. The van der Waals surface area contributed by atoms with Crippen LogP contribution in [0.25, 0.3) is 0 Å². The molecule has 0 radical (unpaired) electrons. The second kappa shape index (κ2) is 13.0. The quantitative estimate of drug-likeness (QED) is 0.317. The molecule has 1 aromatic heterocycles. The molecule has 0 bridgehead atoms. The number of hydrogen-bond donors (Lipinski definition) is 1. The lowest BCUT2D eigenvalue weighted by Crippen LogP contribution is -2.53. The smallest absolute Gasteiger partial charge is 0.205 e. The molecule has 0 spiro atoms. The molecule has 1 unspecified atom stereocenters. The first-order valence-electron chi connectivity index (χ1n) is 11.0. The molecular formula is C20H38IN7OS. The molecule has 3 rings (SSSR count). The molecule has 0 aromatic carbocycles. The van der Waals surface area contributed by atoms with Crippen LogP contribution in [0.3, 0.4) is 0 Å². The van der Waals surface area contributed by atoms with Gasteiger partial charge in [-0.2, -0.15) is 4.37 Å². The summed E-state index contributed by atoms with van der Waals surface area (Å²) in [4.78, 5) is 16.8. The number of halogens is 1. The number of nitrogens with one attached hydrogen (secondary N) is 1. The number of aliphatic imine (C=N–C) groups is 1. The number of aromatic nitrogens is 2. The minimum Gasteiger partial charge on any atom is -0.374 e. The van der Waals surface area contributed by atoms with Crippen LogP contribution >= 0.6 is 35.5 Å². The summed E-state index contributed by atoms with van der Waals surface area (Å²) in [6.45, 7) is 18.1. The Bertz CT molecular complexity index is 649. The van der Waals surface area contributed by atoms with Gasteiger partial charge in [-0.15, -0.1) is 24.0 Å². The monoisotopic (exact) mass is 551 g/mol. The molecule has 172 valence electrons. The maximum absolute atomic E-state index is 5.98. The number of hydrogen-bond acceptors (Lipinski definition) is 7. The Hall–Kier alpha value is -0.720. The second-order valence-corrected chi connectivity index (χ2v) is 8.89. The number of ether oxygens (including phenoxy) is 1. The molecule has 30 heavy (non-hydrogen) atoms.